The monoisotopic (exact) mass is 328 g/mol. The van der Waals surface area contributed by atoms with Crippen LogP contribution in [0, 0.1) is 0 Å². The molecule has 0 fully saturated rings. The van der Waals surface area contributed by atoms with Crippen LogP contribution in [0.2, 0.25) is 0 Å². The van der Waals surface area contributed by atoms with E-state index in [1.807, 2.05) is 0 Å². The van der Waals surface area contributed by atoms with Crippen molar-refractivity contribution >= 4 is 17.4 Å². The van der Waals surface area contributed by atoms with E-state index in [4.69, 9.17) is 0 Å². The van der Waals surface area contributed by atoms with Crippen LogP contribution >= 0.6 is 0 Å². The third-order valence-corrected chi connectivity index (χ3v) is 4.15. The molecule has 2 heterocycles. The van der Waals surface area contributed by atoms with Crippen LogP contribution in [-0.2, 0) is 24.3 Å². The Morgan fingerprint density at radius 1 is 1.17 bits per heavy atom. The first-order chi connectivity index (χ1) is 11.5. The predicted molar refractivity (Wildman–Crippen MR) is 89.1 cm³/mol. The normalized spacial score (nSPS) is 13.9. The molecule has 1 N–H and O–H groups in total. The van der Waals surface area contributed by atoms with E-state index >= 15 is 0 Å². The highest BCUT2D eigenvalue weighted by atomic mass is 16.2. The van der Waals surface area contributed by atoms with Crippen LogP contribution in [0.5, 0.6) is 0 Å². The molecule has 0 aliphatic carbocycles. The van der Waals surface area contributed by atoms with Crippen LogP contribution in [0.4, 0.5) is 5.69 Å². The molecule has 7 nitrogen and oxygen atoms in total. The van der Waals surface area contributed by atoms with Gasteiger partial charge >= 0.3 is 5.69 Å². The molecule has 2 aromatic rings. The van der Waals surface area contributed by atoms with Gasteiger partial charge in [0, 0.05) is 24.2 Å². The zero-order valence-electron chi connectivity index (χ0n) is 13.6. The van der Waals surface area contributed by atoms with Crippen molar-refractivity contribution in [2.45, 2.75) is 45.7 Å². The third kappa shape index (κ3) is 3.45. The lowest BCUT2D eigenvalue weighted by Crippen LogP contribution is -2.30. The fraction of sp³-hybridized carbons (Fsp3) is 0.412. The largest absolute Gasteiger partial charge is 0.346 e. The summed E-state index contributed by atoms with van der Waals surface area (Å²) in [7, 11) is 0. The molecule has 1 aliphatic heterocycles. The number of hydrogen-bond acceptors (Lipinski definition) is 4. The van der Waals surface area contributed by atoms with E-state index in [1.54, 1.807) is 28.8 Å². The fourth-order valence-corrected chi connectivity index (χ4v) is 2.85. The van der Waals surface area contributed by atoms with Gasteiger partial charge < -0.3 is 5.32 Å². The quantitative estimate of drug-likeness (QED) is 0.864. The van der Waals surface area contributed by atoms with Gasteiger partial charge in [-0.1, -0.05) is 6.42 Å². The molecule has 0 saturated carbocycles. The van der Waals surface area contributed by atoms with E-state index in [1.165, 1.54) is 11.6 Å². The Kier molecular flexibility index (Phi) is 4.59. The first kappa shape index (κ1) is 16.2. The summed E-state index contributed by atoms with van der Waals surface area (Å²) in [6.07, 6.45) is 3.86. The zero-order valence-corrected chi connectivity index (χ0v) is 13.6. The third-order valence-electron chi connectivity index (χ3n) is 4.15. The molecular formula is C17H20N4O3. The Bertz CT molecular complexity index is 817. The van der Waals surface area contributed by atoms with Gasteiger partial charge in [-0.2, -0.15) is 5.10 Å². The summed E-state index contributed by atoms with van der Waals surface area (Å²) < 4.78 is 2.89. The maximum atomic E-state index is 12.3. The van der Waals surface area contributed by atoms with Gasteiger partial charge in [-0.05, 0) is 44.0 Å². The summed E-state index contributed by atoms with van der Waals surface area (Å²) in [6, 6.07) is 6.64. The van der Waals surface area contributed by atoms with Gasteiger partial charge in [0.1, 0.15) is 12.4 Å². The molecule has 24 heavy (non-hydrogen) atoms. The highest BCUT2D eigenvalue weighted by molar-refractivity contribution is 5.95. The lowest BCUT2D eigenvalue weighted by molar-refractivity contribution is -0.117. The average Bonchev–Trinajstić information content (AvgIpc) is 2.73. The summed E-state index contributed by atoms with van der Waals surface area (Å²) in [5.74, 6) is 0.413. The molecule has 0 bridgehead atoms. The number of hydrogen-bond donors (Lipinski definition) is 1. The summed E-state index contributed by atoms with van der Waals surface area (Å²) in [6.45, 7) is 2.04. The average molecular weight is 328 g/mol. The molecule has 7 heteroatoms. The number of rotatable bonds is 4. The predicted octanol–water partition coefficient (Wildman–Crippen LogP) is 1.61. The number of nitrogens with zero attached hydrogens (tertiary/aromatic N) is 3. The van der Waals surface area contributed by atoms with Gasteiger partial charge in [0.15, 0.2) is 5.78 Å². The number of aryl methyl sites for hydroxylation is 1. The number of ketones is 1. The molecule has 0 saturated heterocycles. The van der Waals surface area contributed by atoms with E-state index in [-0.39, 0.29) is 23.9 Å². The van der Waals surface area contributed by atoms with Crippen LogP contribution in [0.3, 0.4) is 0 Å². The number of benzene rings is 1. The number of carbonyl (C=O) groups is 2. The Labute approximate surface area is 139 Å². The van der Waals surface area contributed by atoms with Crippen molar-refractivity contribution in [1.82, 2.24) is 14.3 Å². The molecule has 0 spiro atoms. The Morgan fingerprint density at radius 3 is 2.62 bits per heavy atom. The number of amides is 1. The van der Waals surface area contributed by atoms with Crippen LogP contribution in [0.15, 0.2) is 29.1 Å². The molecule has 3 rings (SSSR count). The lowest BCUT2D eigenvalue weighted by Gasteiger charge is -2.05. The Morgan fingerprint density at radius 2 is 1.92 bits per heavy atom. The van der Waals surface area contributed by atoms with Crippen molar-refractivity contribution < 1.29 is 9.59 Å². The van der Waals surface area contributed by atoms with E-state index < -0.39 is 0 Å². The van der Waals surface area contributed by atoms with E-state index in [0.29, 0.717) is 17.8 Å². The standard InChI is InChI=1S/C17H20N4O3/c1-12(22)13-6-8-14(9-7-13)18-16(23)11-21-17(24)20-10-4-2-3-5-15(20)19-21/h6-9H,2-5,10-11H2,1H3,(H,18,23). The van der Waals surface area contributed by atoms with Crippen LogP contribution in [0.25, 0.3) is 0 Å². The minimum absolute atomic E-state index is 0.0288. The van der Waals surface area contributed by atoms with Gasteiger partial charge in [0.25, 0.3) is 0 Å². The maximum Gasteiger partial charge on any atom is 0.346 e. The van der Waals surface area contributed by atoms with Crippen molar-refractivity contribution in [3.8, 4) is 0 Å². The highest BCUT2D eigenvalue weighted by Gasteiger charge is 2.17. The van der Waals surface area contributed by atoms with Gasteiger partial charge in [-0.25, -0.2) is 9.48 Å². The van der Waals surface area contributed by atoms with Crippen LogP contribution in [0.1, 0.15) is 42.4 Å². The van der Waals surface area contributed by atoms with Gasteiger partial charge in [0.05, 0.1) is 0 Å². The Balaban J connectivity index is 1.69. The molecular weight excluding hydrogens is 308 g/mol. The van der Waals surface area contributed by atoms with Crippen molar-refractivity contribution in [3.63, 3.8) is 0 Å². The summed E-state index contributed by atoms with van der Waals surface area (Å²) >= 11 is 0. The molecule has 1 aliphatic rings. The molecule has 1 amide bonds. The number of aromatic nitrogens is 3. The first-order valence-corrected chi connectivity index (χ1v) is 8.12. The van der Waals surface area contributed by atoms with Gasteiger partial charge in [-0.3, -0.25) is 14.2 Å². The van der Waals surface area contributed by atoms with Crippen LogP contribution in [-0.4, -0.2) is 26.0 Å². The van der Waals surface area contributed by atoms with E-state index in [9.17, 15) is 14.4 Å². The number of Topliss-reactive ketones (excluding diaryl/α,β-unsaturated/α-hetero) is 1. The fourth-order valence-electron chi connectivity index (χ4n) is 2.85. The highest BCUT2D eigenvalue weighted by Crippen LogP contribution is 2.11. The topological polar surface area (TPSA) is 86.0 Å². The number of fused-ring (bicyclic) bond motifs is 1. The van der Waals surface area contributed by atoms with Crippen molar-refractivity contribution in [1.29, 1.82) is 0 Å². The SMILES string of the molecule is CC(=O)c1ccc(NC(=O)Cn2nc3n(c2=O)CCCCC3)cc1. The van der Waals surface area contributed by atoms with Gasteiger partial charge in [-0.15, -0.1) is 0 Å². The van der Waals surface area contributed by atoms with Crippen LogP contribution < -0.4 is 11.0 Å². The number of carbonyl (C=O) groups excluding carboxylic acids is 2. The molecule has 1 aromatic heterocycles. The summed E-state index contributed by atoms with van der Waals surface area (Å²) in [5.41, 5.74) is 0.940. The maximum absolute atomic E-state index is 12.3. The second-order valence-corrected chi connectivity index (χ2v) is 6.00. The molecule has 0 radical (unpaired) electrons. The minimum Gasteiger partial charge on any atom is -0.324 e. The summed E-state index contributed by atoms with van der Waals surface area (Å²) in [5, 5.41) is 7.01. The van der Waals surface area contributed by atoms with Gasteiger partial charge in [0.2, 0.25) is 5.91 Å². The molecule has 0 unspecified atom stereocenters. The van der Waals surface area contributed by atoms with E-state index in [2.05, 4.69) is 10.4 Å². The van der Waals surface area contributed by atoms with Crippen molar-refractivity contribution in [2.75, 3.05) is 5.32 Å². The Hall–Kier alpha value is -2.70. The van der Waals surface area contributed by atoms with Crippen molar-refractivity contribution in [2.24, 2.45) is 0 Å². The summed E-state index contributed by atoms with van der Waals surface area (Å²) in [4.78, 5) is 35.7. The first-order valence-electron chi connectivity index (χ1n) is 8.12. The molecule has 0 atom stereocenters. The molecule has 126 valence electrons. The lowest BCUT2D eigenvalue weighted by atomic mass is 10.1. The number of nitrogens with one attached hydrogen (secondary N) is 1. The zero-order chi connectivity index (χ0) is 17.1. The number of anilines is 1. The molecule has 1 aromatic carbocycles. The smallest absolute Gasteiger partial charge is 0.324 e. The van der Waals surface area contributed by atoms with Crippen molar-refractivity contribution in [3.05, 3.63) is 46.1 Å². The second kappa shape index (κ2) is 6.82. The second-order valence-electron chi connectivity index (χ2n) is 6.00. The minimum atomic E-state index is -0.319. The van der Waals surface area contributed by atoms with E-state index in [0.717, 1.165) is 31.5 Å².